The predicted molar refractivity (Wildman–Crippen MR) is 107 cm³/mol. The number of nitrogens with one attached hydrogen (secondary N) is 1. The van der Waals surface area contributed by atoms with Gasteiger partial charge < -0.3 is 9.22 Å². The molecule has 2 atom stereocenters. The number of rotatable bonds is 3. The number of amides is 1. The number of benzene rings is 1. The van der Waals surface area contributed by atoms with Crippen LogP contribution in [0.1, 0.15) is 31.2 Å². The van der Waals surface area contributed by atoms with Crippen LogP contribution in [0.2, 0.25) is 0 Å². The van der Waals surface area contributed by atoms with Crippen LogP contribution in [0.25, 0.3) is 11.1 Å². The molecule has 138 valence electrons. The van der Waals surface area contributed by atoms with Gasteiger partial charge in [-0.1, -0.05) is 11.6 Å². The predicted octanol–water partition coefficient (Wildman–Crippen LogP) is 5.04. The van der Waals surface area contributed by atoms with E-state index in [0.717, 1.165) is 34.1 Å². The second-order valence-electron chi connectivity index (χ2n) is 8.20. The Hall–Kier alpha value is -1.85. The van der Waals surface area contributed by atoms with Crippen LogP contribution in [0.15, 0.2) is 35.0 Å². The number of fused-ring (bicyclic) bond motifs is 2. The number of hydrogen-bond donors (Lipinski definition) is 1. The van der Waals surface area contributed by atoms with Crippen LogP contribution in [-0.4, -0.2) is 42.9 Å². The van der Waals surface area contributed by atoms with Crippen molar-refractivity contribution in [3.63, 3.8) is 0 Å². The minimum Gasteiger partial charge on any atom is -0.445 e. The fourth-order valence-corrected chi connectivity index (χ4v) is 5.30. The molecule has 4 rings (SSSR count). The molecule has 2 aliphatic heterocycles. The van der Waals surface area contributed by atoms with Gasteiger partial charge in [0.1, 0.15) is 6.10 Å². The van der Waals surface area contributed by atoms with Crippen molar-refractivity contribution in [2.24, 2.45) is 0 Å². The summed E-state index contributed by atoms with van der Waals surface area (Å²) in [4.78, 5) is 12.5. The summed E-state index contributed by atoms with van der Waals surface area (Å²) in [5, 5.41) is 7.14. The second kappa shape index (κ2) is 6.71. The molecule has 2 aromatic rings. The molecule has 1 aromatic heterocycles. The molecule has 26 heavy (non-hydrogen) atoms. The molecule has 0 saturated carbocycles. The number of nitrogens with zero attached hydrogens (tertiary/aromatic N) is 1. The van der Waals surface area contributed by atoms with E-state index in [1.54, 1.807) is 11.3 Å². The number of ether oxygens (including phenoxy) is 1. The highest BCUT2D eigenvalue weighted by Gasteiger charge is 2.49. The SMILES string of the molecule is Cc1ccc(NC(=O)OC2CC3CCC(C2)[N+]3(C)C)c(-c2ccsc2)c1. The lowest BCUT2D eigenvalue weighted by molar-refractivity contribution is -0.931. The van der Waals surface area contributed by atoms with Gasteiger partial charge in [-0.15, -0.1) is 0 Å². The van der Waals surface area contributed by atoms with Crippen LogP contribution < -0.4 is 5.32 Å². The van der Waals surface area contributed by atoms with Crippen molar-refractivity contribution in [3.8, 4) is 11.1 Å². The highest BCUT2D eigenvalue weighted by molar-refractivity contribution is 7.08. The van der Waals surface area contributed by atoms with Crippen LogP contribution in [0.3, 0.4) is 0 Å². The zero-order chi connectivity index (χ0) is 18.3. The van der Waals surface area contributed by atoms with Gasteiger partial charge in [0.05, 0.1) is 31.9 Å². The van der Waals surface area contributed by atoms with Gasteiger partial charge in [0.15, 0.2) is 0 Å². The maximum Gasteiger partial charge on any atom is 0.411 e. The Morgan fingerprint density at radius 3 is 2.58 bits per heavy atom. The average Bonchev–Trinajstić information content (AvgIpc) is 3.13. The molecule has 0 aliphatic carbocycles. The first-order valence-corrected chi connectivity index (χ1v) is 10.3. The Kier molecular flexibility index (Phi) is 4.53. The highest BCUT2D eigenvalue weighted by Crippen LogP contribution is 2.40. The fraction of sp³-hybridized carbons (Fsp3) is 0.476. The van der Waals surface area contributed by atoms with E-state index < -0.39 is 0 Å². The summed E-state index contributed by atoms with van der Waals surface area (Å²) in [5.74, 6) is 0. The lowest BCUT2D eigenvalue weighted by atomic mass is 9.98. The van der Waals surface area contributed by atoms with E-state index in [2.05, 4.69) is 49.2 Å². The zero-order valence-corrected chi connectivity index (χ0v) is 16.5. The van der Waals surface area contributed by atoms with Crippen molar-refractivity contribution >= 4 is 23.1 Å². The molecule has 2 bridgehead atoms. The third-order valence-electron chi connectivity index (χ3n) is 6.30. The monoisotopic (exact) mass is 371 g/mol. The van der Waals surface area contributed by atoms with Crippen molar-refractivity contribution in [1.29, 1.82) is 0 Å². The minimum absolute atomic E-state index is 0.0358. The maximum atomic E-state index is 12.5. The van der Waals surface area contributed by atoms with Gasteiger partial charge in [0.25, 0.3) is 0 Å². The van der Waals surface area contributed by atoms with Crippen LogP contribution in [0.4, 0.5) is 10.5 Å². The van der Waals surface area contributed by atoms with E-state index in [4.69, 9.17) is 4.74 Å². The molecule has 0 spiro atoms. The topological polar surface area (TPSA) is 38.3 Å². The number of piperidine rings is 1. The van der Waals surface area contributed by atoms with Crippen LogP contribution in [0, 0.1) is 6.92 Å². The van der Waals surface area contributed by atoms with Crippen molar-refractivity contribution in [3.05, 3.63) is 40.6 Å². The lowest BCUT2D eigenvalue weighted by Crippen LogP contribution is -2.56. The number of anilines is 1. The van der Waals surface area contributed by atoms with Gasteiger partial charge in [-0.2, -0.15) is 11.3 Å². The molecule has 1 aromatic carbocycles. The van der Waals surface area contributed by atoms with Gasteiger partial charge in [0.2, 0.25) is 0 Å². The summed E-state index contributed by atoms with van der Waals surface area (Å²) >= 11 is 1.66. The molecular formula is C21H27N2O2S+. The number of hydrogen-bond acceptors (Lipinski definition) is 3. The summed E-state index contributed by atoms with van der Waals surface area (Å²) in [6, 6.07) is 9.41. The first kappa shape index (κ1) is 17.6. The molecule has 3 heterocycles. The normalized spacial score (nSPS) is 26.5. The summed E-state index contributed by atoms with van der Waals surface area (Å²) < 4.78 is 6.90. The van der Waals surface area contributed by atoms with E-state index in [1.165, 1.54) is 18.4 Å². The van der Waals surface area contributed by atoms with Gasteiger partial charge in [-0.05, 0) is 41.4 Å². The summed E-state index contributed by atoms with van der Waals surface area (Å²) in [5.41, 5.74) is 4.16. The van der Waals surface area contributed by atoms with Crippen molar-refractivity contribution in [2.45, 2.75) is 50.8 Å². The van der Waals surface area contributed by atoms with Crippen LogP contribution in [-0.2, 0) is 4.74 Å². The summed E-state index contributed by atoms with van der Waals surface area (Å²) in [7, 11) is 4.64. The standard InChI is InChI=1S/C21H26N2O2S/c1-14-4-7-20(19(10-14)15-8-9-26-13-15)22-21(24)25-18-11-16-5-6-17(12-18)23(16,2)3/h4,7-10,13,16-18H,5-6,11-12H2,1-3H3/p+1. The number of thiophene rings is 1. The quantitative estimate of drug-likeness (QED) is 0.768. The van der Waals surface area contributed by atoms with Crippen molar-refractivity contribution in [1.82, 2.24) is 0 Å². The zero-order valence-electron chi connectivity index (χ0n) is 15.7. The van der Waals surface area contributed by atoms with Gasteiger partial charge in [0, 0.05) is 31.2 Å². The molecule has 2 saturated heterocycles. The largest absolute Gasteiger partial charge is 0.445 e. The molecule has 1 amide bonds. The third kappa shape index (κ3) is 3.26. The third-order valence-corrected chi connectivity index (χ3v) is 6.99. The molecule has 4 nitrogen and oxygen atoms in total. The van der Waals surface area contributed by atoms with E-state index in [0.29, 0.717) is 12.1 Å². The fourth-order valence-electron chi connectivity index (χ4n) is 4.64. The number of quaternary nitrogens is 1. The van der Waals surface area contributed by atoms with Crippen LogP contribution >= 0.6 is 11.3 Å². The van der Waals surface area contributed by atoms with Gasteiger partial charge in [-0.25, -0.2) is 4.79 Å². The van der Waals surface area contributed by atoms with Gasteiger partial charge in [-0.3, -0.25) is 5.32 Å². The number of carbonyl (C=O) groups excluding carboxylic acids is 1. The highest BCUT2D eigenvalue weighted by atomic mass is 32.1. The first-order chi connectivity index (χ1) is 12.4. The number of carbonyl (C=O) groups is 1. The van der Waals surface area contributed by atoms with E-state index >= 15 is 0 Å². The van der Waals surface area contributed by atoms with E-state index in [-0.39, 0.29) is 12.2 Å². The molecule has 2 aliphatic rings. The van der Waals surface area contributed by atoms with E-state index in [1.807, 2.05) is 12.1 Å². The second-order valence-corrected chi connectivity index (χ2v) is 8.98. The number of aryl methyl sites for hydroxylation is 1. The Morgan fingerprint density at radius 2 is 1.92 bits per heavy atom. The average molecular weight is 372 g/mol. The Balaban J connectivity index is 1.45. The Bertz CT molecular complexity index is 784. The molecule has 0 radical (unpaired) electrons. The molecule has 2 unspecified atom stereocenters. The molecular weight excluding hydrogens is 344 g/mol. The summed E-state index contributed by atoms with van der Waals surface area (Å²) in [6.07, 6.45) is 4.15. The van der Waals surface area contributed by atoms with Crippen molar-refractivity contribution in [2.75, 3.05) is 19.4 Å². The van der Waals surface area contributed by atoms with Crippen LogP contribution in [0.5, 0.6) is 0 Å². The Labute approximate surface area is 159 Å². The Morgan fingerprint density at radius 1 is 1.19 bits per heavy atom. The minimum atomic E-state index is -0.332. The van der Waals surface area contributed by atoms with Crippen molar-refractivity contribution < 1.29 is 14.0 Å². The van der Waals surface area contributed by atoms with Gasteiger partial charge >= 0.3 is 6.09 Å². The first-order valence-electron chi connectivity index (χ1n) is 9.37. The molecule has 2 fully saturated rings. The molecule has 1 N–H and O–H groups in total. The lowest BCUT2D eigenvalue weighted by Gasteiger charge is -2.43. The smallest absolute Gasteiger partial charge is 0.411 e. The molecule has 5 heteroatoms. The van der Waals surface area contributed by atoms with E-state index in [9.17, 15) is 4.79 Å². The maximum absolute atomic E-state index is 12.5. The summed E-state index contributed by atoms with van der Waals surface area (Å²) in [6.45, 7) is 2.07.